The molecule has 22 heavy (non-hydrogen) atoms. The van der Waals surface area contributed by atoms with Crippen molar-refractivity contribution in [2.75, 3.05) is 18.1 Å². The molecule has 0 amide bonds. The Balaban J connectivity index is 1.51. The van der Waals surface area contributed by atoms with Gasteiger partial charge >= 0.3 is 0 Å². The molecule has 2 aliphatic rings. The molecule has 0 spiro atoms. The van der Waals surface area contributed by atoms with Crippen LogP contribution in [0.2, 0.25) is 0 Å². The normalized spacial score (nSPS) is 27.7. The standard InChI is InChI=1S/C15H18N4O2S/c1-10-17-18-15(22-10)19-8-9-20-14-11(19)5-6-12(14)21-13-4-2-3-7-16-13/h2-4,7,11-12,14H,5-6,8-9H2,1H3/t11-,12+,14+/m1/s1. The molecule has 6 nitrogen and oxygen atoms in total. The van der Waals surface area contributed by atoms with Crippen LogP contribution in [0.4, 0.5) is 5.13 Å². The summed E-state index contributed by atoms with van der Waals surface area (Å²) in [5, 5.41) is 10.4. The van der Waals surface area contributed by atoms with E-state index in [9.17, 15) is 0 Å². The summed E-state index contributed by atoms with van der Waals surface area (Å²) in [4.78, 5) is 6.58. The summed E-state index contributed by atoms with van der Waals surface area (Å²) >= 11 is 1.64. The van der Waals surface area contributed by atoms with Crippen LogP contribution in [-0.2, 0) is 4.74 Å². The minimum absolute atomic E-state index is 0.0525. The van der Waals surface area contributed by atoms with Gasteiger partial charge in [-0.05, 0) is 25.8 Å². The molecule has 7 heteroatoms. The predicted octanol–water partition coefficient (Wildman–Crippen LogP) is 2.06. The molecular weight excluding hydrogens is 300 g/mol. The number of ether oxygens (including phenoxy) is 2. The van der Waals surface area contributed by atoms with Crippen molar-refractivity contribution in [3.63, 3.8) is 0 Å². The number of aryl methyl sites for hydroxylation is 1. The van der Waals surface area contributed by atoms with Crippen LogP contribution in [0.5, 0.6) is 5.88 Å². The van der Waals surface area contributed by atoms with E-state index in [0.717, 1.165) is 29.5 Å². The molecule has 0 radical (unpaired) electrons. The SMILES string of the molecule is Cc1nnc(N2CCO[C@@H]3[C@@H](Oc4ccccn4)CC[C@H]32)s1. The van der Waals surface area contributed by atoms with Crippen molar-refractivity contribution in [2.24, 2.45) is 0 Å². The number of pyridine rings is 1. The highest BCUT2D eigenvalue weighted by molar-refractivity contribution is 7.15. The minimum Gasteiger partial charge on any atom is -0.471 e. The fraction of sp³-hybridized carbons (Fsp3) is 0.533. The number of aromatic nitrogens is 3. The van der Waals surface area contributed by atoms with E-state index in [0.29, 0.717) is 18.5 Å². The first-order chi connectivity index (χ1) is 10.8. The molecule has 116 valence electrons. The van der Waals surface area contributed by atoms with Gasteiger partial charge in [0.2, 0.25) is 11.0 Å². The van der Waals surface area contributed by atoms with Gasteiger partial charge in [-0.15, -0.1) is 10.2 Å². The summed E-state index contributed by atoms with van der Waals surface area (Å²) in [5.74, 6) is 0.667. The summed E-state index contributed by atoms with van der Waals surface area (Å²) in [6.07, 6.45) is 3.89. The molecular formula is C15H18N4O2S. The molecule has 1 aliphatic carbocycles. The lowest BCUT2D eigenvalue weighted by Crippen LogP contribution is -2.52. The average molecular weight is 318 g/mol. The predicted molar refractivity (Wildman–Crippen MR) is 83.4 cm³/mol. The Labute approximate surface area is 133 Å². The van der Waals surface area contributed by atoms with Crippen molar-refractivity contribution in [1.29, 1.82) is 0 Å². The first kappa shape index (κ1) is 13.9. The molecule has 0 N–H and O–H groups in total. The highest BCUT2D eigenvalue weighted by atomic mass is 32.1. The van der Waals surface area contributed by atoms with Gasteiger partial charge in [0.15, 0.2) is 0 Å². The smallest absolute Gasteiger partial charge is 0.213 e. The second-order valence-electron chi connectivity index (χ2n) is 5.60. The van der Waals surface area contributed by atoms with Crippen LogP contribution in [0.1, 0.15) is 17.8 Å². The largest absolute Gasteiger partial charge is 0.471 e. The number of hydrogen-bond donors (Lipinski definition) is 0. The summed E-state index contributed by atoms with van der Waals surface area (Å²) in [6, 6.07) is 6.03. The van der Waals surface area contributed by atoms with Crippen LogP contribution in [-0.4, -0.2) is 46.6 Å². The molecule has 0 unspecified atom stereocenters. The molecule has 1 aliphatic heterocycles. The van der Waals surface area contributed by atoms with Crippen LogP contribution in [0.3, 0.4) is 0 Å². The van der Waals surface area contributed by atoms with Crippen molar-refractivity contribution >= 4 is 16.5 Å². The third-order valence-corrected chi connectivity index (χ3v) is 5.08. The lowest BCUT2D eigenvalue weighted by Gasteiger charge is -2.38. The van der Waals surface area contributed by atoms with Gasteiger partial charge in [0.25, 0.3) is 0 Å². The maximum absolute atomic E-state index is 6.04. The van der Waals surface area contributed by atoms with E-state index < -0.39 is 0 Å². The maximum atomic E-state index is 6.04. The average Bonchev–Trinajstić information content (AvgIpc) is 3.15. The lowest BCUT2D eigenvalue weighted by molar-refractivity contribution is -0.0319. The van der Waals surface area contributed by atoms with E-state index in [1.165, 1.54) is 0 Å². The maximum Gasteiger partial charge on any atom is 0.213 e. The van der Waals surface area contributed by atoms with Crippen molar-refractivity contribution in [3.05, 3.63) is 29.4 Å². The second kappa shape index (κ2) is 5.81. The fourth-order valence-electron chi connectivity index (χ4n) is 3.25. The van der Waals surface area contributed by atoms with E-state index in [1.54, 1.807) is 17.5 Å². The van der Waals surface area contributed by atoms with Crippen LogP contribution in [0, 0.1) is 6.92 Å². The first-order valence-corrected chi connectivity index (χ1v) is 8.39. The van der Waals surface area contributed by atoms with Crippen molar-refractivity contribution in [2.45, 2.75) is 38.0 Å². The Hall–Kier alpha value is -1.73. The molecule has 2 fully saturated rings. The quantitative estimate of drug-likeness (QED) is 0.863. The van der Waals surface area contributed by atoms with Crippen molar-refractivity contribution < 1.29 is 9.47 Å². The summed E-state index contributed by atoms with van der Waals surface area (Å²) in [7, 11) is 0. The van der Waals surface area contributed by atoms with E-state index >= 15 is 0 Å². The molecule has 0 aromatic carbocycles. The number of nitrogens with zero attached hydrogens (tertiary/aromatic N) is 4. The zero-order valence-electron chi connectivity index (χ0n) is 12.4. The lowest BCUT2D eigenvalue weighted by atomic mass is 10.1. The van der Waals surface area contributed by atoms with Gasteiger partial charge in [0.1, 0.15) is 17.2 Å². The number of rotatable bonds is 3. The summed E-state index contributed by atoms with van der Waals surface area (Å²) in [6.45, 7) is 3.55. The molecule has 0 bridgehead atoms. The van der Waals surface area contributed by atoms with Gasteiger partial charge in [-0.2, -0.15) is 0 Å². The minimum atomic E-state index is 0.0525. The molecule has 2 aromatic rings. The van der Waals surface area contributed by atoms with Gasteiger partial charge in [-0.25, -0.2) is 4.98 Å². The highest BCUT2D eigenvalue weighted by Gasteiger charge is 2.45. The van der Waals surface area contributed by atoms with E-state index in [-0.39, 0.29) is 12.2 Å². The molecule has 3 heterocycles. The molecule has 4 rings (SSSR count). The topological polar surface area (TPSA) is 60.4 Å². The van der Waals surface area contributed by atoms with Gasteiger partial charge in [-0.3, -0.25) is 0 Å². The highest BCUT2D eigenvalue weighted by Crippen LogP contribution is 2.36. The Morgan fingerprint density at radius 2 is 2.27 bits per heavy atom. The zero-order valence-corrected chi connectivity index (χ0v) is 13.2. The number of morpholine rings is 1. The molecule has 1 saturated heterocycles. The molecule has 3 atom stereocenters. The monoisotopic (exact) mass is 318 g/mol. The molecule has 2 aromatic heterocycles. The summed E-state index contributed by atoms with van der Waals surface area (Å²) < 4.78 is 12.0. The van der Waals surface area contributed by atoms with Gasteiger partial charge in [0.05, 0.1) is 12.6 Å². The van der Waals surface area contributed by atoms with E-state index in [1.807, 2.05) is 25.1 Å². The third-order valence-electron chi connectivity index (χ3n) is 4.21. The Kier molecular flexibility index (Phi) is 3.67. The Bertz CT molecular complexity index is 635. The summed E-state index contributed by atoms with van der Waals surface area (Å²) in [5.41, 5.74) is 0. The van der Waals surface area contributed by atoms with Gasteiger partial charge < -0.3 is 14.4 Å². The third kappa shape index (κ3) is 2.55. The second-order valence-corrected chi connectivity index (χ2v) is 6.76. The number of hydrogen-bond acceptors (Lipinski definition) is 7. The van der Waals surface area contributed by atoms with E-state index in [4.69, 9.17) is 9.47 Å². The number of anilines is 1. The van der Waals surface area contributed by atoms with Gasteiger partial charge in [-0.1, -0.05) is 17.4 Å². The van der Waals surface area contributed by atoms with E-state index in [2.05, 4.69) is 20.1 Å². The first-order valence-electron chi connectivity index (χ1n) is 7.57. The fourth-order valence-corrected chi connectivity index (χ4v) is 4.02. The number of fused-ring (bicyclic) bond motifs is 1. The Morgan fingerprint density at radius 3 is 3.05 bits per heavy atom. The van der Waals surface area contributed by atoms with Crippen molar-refractivity contribution in [3.8, 4) is 5.88 Å². The van der Waals surface area contributed by atoms with Crippen LogP contribution >= 0.6 is 11.3 Å². The van der Waals surface area contributed by atoms with Crippen LogP contribution in [0.15, 0.2) is 24.4 Å². The van der Waals surface area contributed by atoms with Crippen molar-refractivity contribution in [1.82, 2.24) is 15.2 Å². The van der Waals surface area contributed by atoms with Crippen LogP contribution < -0.4 is 9.64 Å². The molecule has 1 saturated carbocycles. The zero-order chi connectivity index (χ0) is 14.9. The Morgan fingerprint density at radius 1 is 1.32 bits per heavy atom. The van der Waals surface area contributed by atoms with Gasteiger partial charge in [0, 0.05) is 18.8 Å². The van der Waals surface area contributed by atoms with Crippen LogP contribution in [0.25, 0.3) is 0 Å².